The molecule has 1 N–H and O–H groups in total. The van der Waals surface area contributed by atoms with Gasteiger partial charge in [0.15, 0.2) is 6.61 Å². The van der Waals surface area contributed by atoms with Crippen LogP contribution in [0.25, 0.3) is 0 Å². The number of hydrogen-bond acceptors (Lipinski definition) is 3. The van der Waals surface area contributed by atoms with Gasteiger partial charge in [0.2, 0.25) is 0 Å². The molecule has 2 aromatic rings. The van der Waals surface area contributed by atoms with E-state index in [1.807, 2.05) is 42.5 Å². The van der Waals surface area contributed by atoms with Crippen molar-refractivity contribution in [3.63, 3.8) is 0 Å². The second-order valence-electron chi connectivity index (χ2n) is 4.70. The third kappa shape index (κ3) is 3.52. The van der Waals surface area contributed by atoms with Gasteiger partial charge in [-0.15, -0.1) is 0 Å². The molecule has 0 radical (unpaired) electrons. The third-order valence-electron chi connectivity index (χ3n) is 3.18. The molecule has 20 heavy (non-hydrogen) atoms. The van der Waals surface area contributed by atoms with Gasteiger partial charge in [-0.1, -0.05) is 30.3 Å². The average Bonchev–Trinajstić information content (AvgIpc) is 2.46. The molecule has 0 aliphatic heterocycles. The Balaban J connectivity index is 2.10. The first-order valence-corrected chi connectivity index (χ1v) is 6.62. The summed E-state index contributed by atoms with van der Waals surface area (Å²) in [7, 11) is 0. The maximum Gasteiger partial charge on any atom is 0.174 e. The lowest BCUT2D eigenvalue weighted by molar-refractivity contribution is 0.368. The molecule has 2 aromatic carbocycles. The summed E-state index contributed by atoms with van der Waals surface area (Å²) in [6.07, 6.45) is 0. The van der Waals surface area contributed by atoms with Crippen LogP contribution < -0.4 is 10.1 Å². The summed E-state index contributed by atoms with van der Waals surface area (Å²) < 4.78 is 5.31. The Morgan fingerprint density at radius 1 is 1.20 bits per heavy atom. The standard InChI is InChI=1S/C17H18N2O/c1-13-6-3-4-9-17(13)14(2)19-15-7-5-8-16(12-15)20-11-10-18/h3-9,12,14,19H,11H2,1-2H3. The first kappa shape index (κ1) is 14.0. The molecule has 102 valence electrons. The molecule has 0 aromatic heterocycles. The highest BCUT2D eigenvalue weighted by Crippen LogP contribution is 2.24. The van der Waals surface area contributed by atoms with E-state index in [0.717, 1.165) is 5.69 Å². The number of anilines is 1. The third-order valence-corrected chi connectivity index (χ3v) is 3.18. The Kier molecular flexibility index (Phi) is 4.62. The van der Waals surface area contributed by atoms with E-state index in [0.29, 0.717) is 5.75 Å². The molecular formula is C17H18N2O. The molecule has 1 unspecified atom stereocenters. The summed E-state index contributed by atoms with van der Waals surface area (Å²) in [6, 6.07) is 18.2. The lowest BCUT2D eigenvalue weighted by Crippen LogP contribution is -2.08. The molecule has 0 spiro atoms. The van der Waals surface area contributed by atoms with Gasteiger partial charge in [0.1, 0.15) is 11.8 Å². The predicted molar refractivity (Wildman–Crippen MR) is 80.8 cm³/mol. The fourth-order valence-electron chi connectivity index (χ4n) is 2.19. The van der Waals surface area contributed by atoms with Gasteiger partial charge in [-0.3, -0.25) is 0 Å². The van der Waals surface area contributed by atoms with Crippen LogP contribution in [0.15, 0.2) is 48.5 Å². The van der Waals surface area contributed by atoms with Gasteiger partial charge in [-0.05, 0) is 37.1 Å². The number of ether oxygens (including phenoxy) is 1. The van der Waals surface area contributed by atoms with E-state index in [-0.39, 0.29) is 12.6 Å². The molecule has 0 amide bonds. The Bertz CT molecular complexity index is 616. The Hall–Kier alpha value is -2.47. The average molecular weight is 266 g/mol. The van der Waals surface area contributed by atoms with E-state index >= 15 is 0 Å². The minimum absolute atomic E-state index is 0.0663. The maximum absolute atomic E-state index is 8.53. The fourth-order valence-corrected chi connectivity index (χ4v) is 2.19. The van der Waals surface area contributed by atoms with Crippen LogP contribution in [0, 0.1) is 18.3 Å². The topological polar surface area (TPSA) is 45.0 Å². The number of aryl methyl sites for hydroxylation is 1. The lowest BCUT2D eigenvalue weighted by Gasteiger charge is -2.18. The number of nitrogens with one attached hydrogen (secondary N) is 1. The van der Waals surface area contributed by atoms with Crippen molar-refractivity contribution < 1.29 is 4.74 Å². The van der Waals surface area contributed by atoms with E-state index in [1.165, 1.54) is 11.1 Å². The molecule has 2 rings (SSSR count). The first-order valence-electron chi connectivity index (χ1n) is 6.62. The second-order valence-corrected chi connectivity index (χ2v) is 4.70. The Morgan fingerprint density at radius 3 is 2.75 bits per heavy atom. The van der Waals surface area contributed by atoms with Crippen molar-refractivity contribution in [2.45, 2.75) is 19.9 Å². The normalized spacial score (nSPS) is 11.4. The van der Waals surface area contributed by atoms with Crippen molar-refractivity contribution in [3.05, 3.63) is 59.7 Å². The number of rotatable bonds is 5. The molecule has 0 heterocycles. The second kappa shape index (κ2) is 6.63. The maximum atomic E-state index is 8.53. The first-order chi connectivity index (χ1) is 9.70. The van der Waals surface area contributed by atoms with Crippen LogP contribution in [0.3, 0.4) is 0 Å². The highest BCUT2D eigenvalue weighted by molar-refractivity contribution is 5.50. The zero-order valence-corrected chi connectivity index (χ0v) is 11.8. The summed E-state index contributed by atoms with van der Waals surface area (Å²) in [5, 5.41) is 12.0. The van der Waals surface area contributed by atoms with Crippen LogP contribution in [-0.2, 0) is 0 Å². The highest BCUT2D eigenvalue weighted by Gasteiger charge is 2.07. The van der Waals surface area contributed by atoms with Gasteiger partial charge in [0.05, 0.1) is 0 Å². The monoisotopic (exact) mass is 266 g/mol. The zero-order chi connectivity index (χ0) is 14.4. The molecule has 0 bridgehead atoms. The predicted octanol–water partition coefficient (Wildman–Crippen LogP) is 4.07. The van der Waals surface area contributed by atoms with E-state index in [9.17, 15) is 0 Å². The number of nitriles is 1. The SMILES string of the molecule is Cc1ccccc1C(C)Nc1cccc(OCC#N)c1. The zero-order valence-electron chi connectivity index (χ0n) is 11.8. The number of hydrogen-bond donors (Lipinski definition) is 1. The van der Waals surface area contributed by atoms with E-state index in [2.05, 4.69) is 31.3 Å². The molecule has 0 saturated heterocycles. The molecular weight excluding hydrogens is 248 g/mol. The Labute approximate surface area is 119 Å². The molecule has 0 saturated carbocycles. The quantitative estimate of drug-likeness (QED) is 0.887. The van der Waals surface area contributed by atoms with Crippen LogP contribution in [-0.4, -0.2) is 6.61 Å². The van der Waals surface area contributed by atoms with Crippen molar-refractivity contribution in [2.75, 3.05) is 11.9 Å². The summed E-state index contributed by atoms with van der Waals surface area (Å²) in [5.74, 6) is 0.702. The summed E-state index contributed by atoms with van der Waals surface area (Å²) >= 11 is 0. The molecule has 3 nitrogen and oxygen atoms in total. The number of benzene rings is 2. The van der Waals surface area contributed by atoms with E-state index in [4.69, 9.17) is 10.00 Å². The van der Waals surface area contributed by atoms with E-state index < -0.39 is 0 Å². The minimum atomic E-state index is 0.0663. The largest absolute Gasteiger partial charge is 0.479 e. The van der Waals surface area contributed by atoms with Gasteiger partial charge in [0.25, 0.3) is 0 Å². The number of nitrogens with zero attached hydrogens (tertiary/aromatic N) is 1. The summed E-state index contributed by atoms with van der Waals surface area (Å²) in [5.41, 5.74) is 3.52. The van der Waals surface area contributed by atoms with Crippen LogP contribution in [0.1, 0.15) is 24.1 Å². The smallest absolute Gasteiger partial charge is 0.174 e. The molecule has 0 aliphatic carbocycles. The Morgan fingerprint density at radius 2 is 2.00 bits per heavy atom. The van der Waals surface area contributed by atoms with Gasteiger partial charge >= 0.3 is 0 Å². The van der Waals surface area contributed by atoms with Crippen molar-refractivity contribution in [1.29, 1.82) is 5.26 Å². The van der Waals surface area contributed by atoms with Crippen LogP contribution in [0.5, 0.6) is 5.75 Å². The highest BCUT2D eigenvalue weighted by atomic mass is 16.5. The summed E-state index contributed by atoms with van der Waals surface area (Å²) in [6.45, 7) is 4.31. The fraction of sp³-hybridized carbons (Fsp3) is 0.235. The van der Waals surface area contributed by atoms with Crippen LogP contribution in [0.4, 0.5) is 5.69 Å². The molecule has 0 fully saturated rings. The van der Waals surface area contributed by atoms with Crippen molar-refractivity contribution >= 4 is 5.69 Å². The lowest BCUT2D eigenvalue weighted by atomic mass is 10.0. The van der Waals surface area contributed by atoms with Crippen LogP contribution in [0.2, 0.25) is 0 Å². The van der Waals surface area contributed by atoms with Crippen molar-refractivity contribution in [2.24, 2.45) is 0 Å². The molecule has 3 heteroatoms. The van der Waals surface area contributed by atoms with Crippen molar-refractivity contribution in [1.82, 2.24) is 0 Å². The summed E-state index contributed by atoms with van der Waals surface area (Å²) in [4.78, 5) is 0. The van der Waals surface area contributed by atoms with Gasteiger partial charge in [0, 0.05) is 17.8 Å². The van der Waals surface area contributed by atoms with E-state index in [1.54, 1.807) is 0 Å². The van der Waals surface area contributed by atoms with Crippen molar-refractivity contribution in [3.8, 4) is 11.8 Å². The van der Waals surface area contributed by atoms with Gasteiger partial charge in [-0.2, -0.15) is 5.26 Å². The molecule has 0 aliphatic rings. The molecule has 1 atom stereocenters. The van der Waals surface area contributed by atoms with Crippen LogP contribution >= 0.6 is 0 Å². The van der Waals surface area contributed by atoms with Gasteiger partial charge < -0.3 is 10.1 Å². The van der Waals surface area contributed by atoms with Gasteiger partial charge in [-0.25, -0.2) is 0 Å². The minimum Gasteiger partial charge on any atom is -0.479 e.